The predicted octanol–water partition coefficient (Wildman–Crippen LogP) is 2.05. The zero-order valence-electron chi connectivity index (χ0n) is 9.41. The normalized spacial score (nSPS) is 12.5. The molecule has 0 fully saturated rings. The van der Waals surface area contributed by atoms with Gasteiger partial charge in [-0.25, -0.2) is 0 Å². The monoisotopic (exact) mass is 284 g/mol. The van der Waals surface area contributed by atoms with E-state index in [1.807, 2.05) is 23.6 Å². The topological polar surface area (TPSA) is 89.4 Å². The largest absolute Gasteiger partial charge is 0.480 e. The number of aliphatic carboxylic acids is 1. The second-order valence-electron chi connectivity index (χ2n) is 3.62. The van der Waals surface area contributed by atoms with Crippen LogP contribution in [-0.2, 0) is 10.5 Å². The molecule has 0 unspecified atom stereocenters. The molecule has 1 atom stereocenters. The van der Waals surface area contributed by atoms with Gasteiger partial charge in [0.25, 0.3) is 0 Å². The quantitative estimate of drug-likeness (QED) is 0.844. The number of hydrogen-bond donors (Lipinski definition) is 2. The Bertz CT molecular complexity index is 510. The number of nitrogens with zero attached hydrogens (tertiary/aromatic N) is 1. The number of hydrogen-bond acceptors (Lipinski definition) is 6. The van der Waals surface area contributed by atoms with Crippen molar-refractivity contribution >= 4 is 29.1 Å². The molecule has 96 valence electrons. The van der Waals surface area contributed by atoms with Gasteiger partial charge in [-0.1, -0.05) is 11.2 Å². The van der Waals surface area contributed by atoms with Gasteiger partial charge in [-0.2, -0.15) is 11.8 Å². The molecule has 2 aromatic heterocycles. The van der Waals surface area contributed by atoms with Gasteiger partial charge in [0.05, 0.1) is 10.6 Å². The zero-order chi connectivity index (χ0) is 13.0. The van der Waals surface area contributed by atoms with Crippen molar-refractivity contribution in [2.75, 3.05) is 5.75 Å². The number of carboxylic acids is 1. The molecule has 2 heterocycles. The fraction of sp³-hybridized carbons (Fsp3) is 0.273. The van der Waals surface area contributed by atoms with Crippen molar-refractivity contribution in [1.29, 1.82) is 0 Å². The maximum Gasteiger partial charge on any atom is 0.321 e. The molecule has 2 aromatic rings. The Morgan fingerprint density at radius 1 is 1.67 bits per heavy atom. The van der Waals surface area contributed by atoms with Crippen LogP contribution >= 0.6 is 23.1 Å². The highest BCUT2D eigenvalue weighted by molar-refractivity contribution is 7.98. The Hall–Kier alpha value is -1.31. The number of aromatic nitrogens is 1. The minimum Gasteiger partial charge on any atom is -0.480 e. The summed E-state index contributed by atoms with van der Waals surface area (Å²) >= 11 is 3.01. The van der Waals surface area contributed by atoms with Crippen LogP contribution in [0.2, 0.25) is 0 Å². The third-order valence-electron chi connectivity index (χ3n) is 2.19. The third-order valence-corrected chi connectivity index (χ3v) is 4.17. The Morgan fingerprint density at radius 3 is 3.17 bits per heavy atom. The average molecular weight is 284 g/mol. The molecule has 3 N–H and O–H groups in total. The van der Waals surface area contributed by atoms with Crippen molar-refractivity contribution in [3.63, 3.8) is 0 Å². The van der Waals surface area contributed by atoms with Gasteiger partial charge in [0.15, 0.2) is 5.76 Å². The van der Waals surface area contributed by atoms with E-state index in [1.54, 1.807) is 11.3 Å². The van der Waals surface area contributed by atoms with E-state index in [0.29, 0.717) is 11.5 Å². The number of nitrogens with two attached hydrogens (primary N) is 1. The van der Waals surface area contributed by atoms with E-state index in [1.165, 1.54) is 11.8 Å². The van der Waals surface area contributed by atoms with Crippen LogP contribution in [0.25, 0.3) is 10.6 Å². The van der Waals surface area contributed by atoms with Crippen LogP contribution < -0.4 is 5.73 Å². The molecular weight excluding hydrogens is 272 g/mol. The summed E-state index contributed by atoms with van der Waals surface area (Å²) in [6.07, 6.45) is 0. The fourth-order valence-electron chi connectivity index (χ4n) is 1.28. The number of rotatable bonds is 6. The molecule has 7 heteroatoms. The lowest BCUT2D eigenvalue weighted by Crippen LogP contribution is -2.32. The molecule has 0 aliphatic rings. The first-order valence-corrected chi connectivity index (χ1v) is 7.26. The van der Waals surface area contributed by atoms with Crippen molar-refractivity contribution in [1.82, 2.24) is 5.16 Å². The lowest BCUT2D eigenvalue weighted by atomic mass is 10.3. The van der Waals surface area contributed by atoms with Crippen molar-refractivity contribution in [3.8, 4) is 10.6 Å². The van der Waals surface area contributed by atoms with Crippen molar-refractivity contribution in [2.24, 2.45) is 5.73 Å². The van der Waals surface area contributed by atoms with Gasteiger partial charge in [0.1, 0.15) is 6.04 Å². The van der Waals surface area contributed by atoms with E-state index in [0.717, 1.165) is 16.3 Å². The Morgan fingerprint density at radius 2 is 2.50 bits per heavy atom. The van der Waals surface area contributed by atoms with E-state index < -0.39 is 12.0 Å². The van der Waals surface area contributed by atoms with E-state index in [2.05, 4.69) is 5.16 Å². The highest BCUT2D eigenvalue weighted by atomic mass is 32.2. The molecular formula is C11H12N2O3S2. The minimum atomic E-state index is -0.984. The zero-order valence-corrected chi connectivity index (χ0v) is 11.0. The summed E-state index contributed by atoms with van der Waals surface area (Å²) in [5.74, 6) is 0.705. The summed E-state index contributed by atoms with van der Waals surface area (Å²) in [7, 11) is 0. The molecule has 0 saturated carbocycles. The molecule has 0 amide bonds. The molecule has 0 bridgehead atoms. The van der Waals surface area contributed by atoms with Gasteiger partial charge in [-0.15, -0.1) is 11.3 Å². The first-order chi connectivity index (χ1) is 8.66. The Kier molecular flexibility index (Phi) is 4.40. The Balaban J connectivity index is 1.86. The summed E-state index contributed by atoms with van der Waals surface area (Å²) in [6, 6.07) is 4.94. The molecule has 0 spiro atoms. The third kappa shape index (κ3) is 3.34. The first-order valence-electron chi connectivity index (χ1n) is 5.22. The van der Waals surface area contributed by atoms with Gasteiger partial charge >= 0.3 is 5.97 Å². The van der Waals surface area contributed by atoms with Crippen LogP contribution in [0.4, 0.5) is 0 Å². The smallest absolute Gasteiger partial charge is 0.321 e. The van der Waals surface area contributed by atoms with Crippen LogP contribution in [0.3, 0.4) is 0 Å². The average Bonchev–Trinajstić information content (AvgIpc) is 2.98. The van der Waals surface area contributed by atoms with Crippen LogP contribution in [0, 0.1) is 0 Å². The molecule has 2 rings (SSSR count). The van der Waals surface area contributed by atoms with E-state index >= 15 is 0 Å². The lowest BCUT2D eigenvalue weighted by Gasteiger charge is -2.03. The fourth-order valence-corrected chi connectivity index (χ4v) is 2.81. The molecule has 0 saturated heterocycles. The number of thioether (sulfide) groups is 1. The molecule has 0 aliphatic carbocycles. The number of thiophene rings is 1. The molecule has 5 nitrogen and oxygen atoms in total. The van der Waals surface area contributed by atoms with Gasteiger partial charge in [0.2, 0.25) is 0 Å². The standard InChI is InChI=1S/C11H12N2O3S2/c12-8(11(14)15)6-17-5-7-4-9(16-13-7)10-2-1-3-18-10/h1-4,8H,5-6,12H2,(H,14,15)/t8-/m0/s1. The molecule has 18 heavy (non-hydrogen) atoms. The highest BCUT2D eigenvalue weighted by Crippen LogP contribution is 2.26. The predicted molar refractivity (Wildman–Crippen MR) is 71.6 cm³/mol. The van der Waals surface area contributed by atoms with E-state index in [4.69, 9.17) is 15.4 Å². The SMILES string of the molecule is N[C@@H](CSCc1cc(-c2cccs2)on1)C(=O)O. The molecule has 0 aliphatic heterocycles. The van der Waals surface area contributed by atoms with Crippen molar-refractivity contribution < 1.29 is 14.4 Å². The number of carboxylic acid groups (broad SMARTS) is 1. The summed E-state index contributed by atoms with van der Waals surface area (Å²) in [4.78, 5) is 11.6. The summed E-state index contributed by atoms with van der Waals surface area (Å²) in [5, 5.41) is 14.5. The minimum absolute atomic E-state index is 0.358. The van der Waals surface area contributed by atoms with E-state index in [-0.39, 0.29) is 0 Å². The van der Waals surface area contributed by atoms with Gasteiger partial charge in [-0.05, 0) is 11.4 Å². The van der Waals surface area contributed by atoms with Gasteiger partial charge in [0, 0.05) is 17.6 Å². The highest BCUT2D eigenvalue weighted by Gasteiger charge is 2.12. The maximum absolute atomic E-state index is 10.5. The second-order valence-corrected chi connectivity index (χ2v) is 5.60. The maximum atomic E-state index is 10.5. The van der Waals surface area contributed by atoms with Gasteiger partial charge < -0.3 is 15.4 Å². The Labute approximate surface area is 112 Å². The molecule has 0 radical (unpaired) electrons. The lowest BCUT2D eigenvalue weighted by molar-refractivity contribution is -0.137. The van der Waals surface area contributed by atoms with Crippen molar-refractivity contribution in [2.45, 2.75) is 11.8 Å². The molecule has 0 aromatic carbocycles. The summed E-state index contributed by atoms with van der Waals surface area (Å²) in [5.41, 5.74) is 6.19. The van der Waals surface area contributed by atoms with Crippen LogP contribution in [0.1, 0.15) is 5.69 Å². The van der Waals surface area contributed by atoms with Gasteiger partial charge in [-0.3, -0.25) is 4.79 Å². The summed E-state index contributed by atoms with van der Waals surface area (Å²) < 4.78 is 5.21. The summed E-state index contributed by atoms with van der Waals surface area (Å²) in [6.45, 7) is 0. The van der Waals surface area contributed by atoms with Crippen LogP contribution in [-0.4, -0.2) is 28.0 Å². The first kappa shape index (κ1) is 13.1. The van der Waals surface area contributed by atoms with Crippen molar-refractivity contribution in [3.05, 3.63) is 29.3 Å². The second kappa shape index (κ2) is 6.03. The van der Waals surface area contributed by atoms with Crippen LogP contribution in [0.15, 0.2) is 28.1 Å². The number of carbonyl (C=O) groups is 1. The van der Waals surface area contributed by atoms with E-state index in [9.17, 15) is 4.79 Å². The van der Waals surface area contributed by atoms with Crippen LogP contribution in [0.5, 0.6) is 0 Å².